The minimum Gasteiger partial charge on any atom is -0.495 e. The second-order valence-electron chi connectivity index (χ2n) is 7.57. The fourth-order valence-electron chi connectivity index (χ4n) is 3.77. The van der Waals surface area contributed by atoms with Crippen LogP contribution >= 0.6 is 0 Å². The van der Waals surface area contributed by atoms with E-state index in [0.717, 1.165) is 37.4 Å². The number of anilines is 2. The van der Waals surface area contributed by atoms with Crippen LogP contribution in [0.3, 0.4) is 0 Å². The number of rotatable bonds is 6. The third-order valence-corrected chi connectivity index (χ3v) is 5.54. The maximum atomic E-state index is 11.3. The Morgan fingerprint density at radius 1 is 1.23 bits per heavy atom. The molecule has 8 heteroatoms. The smallest absolute Gasteiger partial charge is 0.250 e. The third-order valence-electron chi connectivity index (χ3n) is 5.54. The molecule has 1 saturated heterocycles. The molecule has 8 nitrogen and oxygen atoms in total. The van der Waals surface area contributed by atoms with E-state index in [-0.39, 0.29) is 0 Å². The summed E-state index contributed by atoms with van der Waals surface area (Å²) >= 11 is 0. The van der Waals surface area contributed by atoms with Crippen molar-refractivity contribution in [3.8, 4) is 11.6 Å². The van der Waals surface area contributed by atoms with Crippen LogP contribution in [0.15, 0.2) is 48.9 Å². The van der Waals surface area contributed by atoms with Gasteiger partial charge in [0.2, 0.25) is 11.9 Å². The predicted molar refractivity (Wildman–Crippen MR) is 116 cm³/mol. The molecule has 3 heterocycles. The molecule has 156 valence electrons. The molecule has 1 aliphatic rings. The van der Waals surface area contributed by atoms with Crippen LogP contribution in [0.2, 0.25) is 0 Å². The van der Waals surface area contributed by atoms with Crippen LogP contribution in [-0.2, 0) is 0 Å². The maximum absolute atomic E-state index is 11.3. The summed E-state index contributed by atoms with van der Waals surface area (Å²) < 4.78 is 7.36. The van der Waals surface area contributed by atoms with Crippen molar-refractivity contribution in [2.75, 3.05) is 32.6 Å². The van der Waals surface area contributed by atoms with E-state index < -0.39 is 5.91 Å². The molecule has 1 amide bonds. The standard InChI is InChI=1S/C22H26N6O2/c1-27-10-6-15(7-11-27)16-3-4-18(19(13-16)30-2)25-22-24-9-5-20(26-22)28-12-8-17(14-28)21(23)29/h3-5,8-9,12-15H,6-7,10-11H2,1-2H3,(H2,23,29)(H,24,25,26). The Balaban J connectivity index is 1.54. The van der Waals surface area contributed by atoms with Gasteiger partial charge in [0.25, 0.3) is 0 Å². The summed E-state index contributed by atoms with van der Waals surface area (Å²) in [6, 6.07) is 9.69. The summed E-state index contributed by atoms with van der Waals surface area (Å²) in [5.74, 6) is 1.90. The van der Waals surface area contributed by atoms with Crippen LogP contribution in [0.4, 0.5) is 11.6 Å². The molecule has 4 rings (SSSR count). The normalized spacial score (nSPS) is 15.1. The number of hydrogen-bond acceptors (Lipinski definition) is 6. The molecule has 2 aromatic heterocycles. The van der Waals surface area contributed by atoms with Crippen molar-refractivity contribution in [1.29, 1.82) is 0 Å². The molecule has 0 atom stereocenters. The summed E-state index contributed by atoms with van der Waals surface area (Å²) in [5, 5.41) is 3.24. The molecule has 0 radical (unpaired) electrons. The van der Waals surface area contributed by atoms with Gasteiger partial charge in [-0.2, -0.15) is 4.98 Å². The van der Waals surface area contributed by atoms with Crippen molar-refractivity contribution in [2.24, 2.45) is 5.73 Å². The number of primary amides is 1. The van der Waals surface area contributed by atoms with E-state index >= 15 is 0 Å². The van der Waals surface area contributed by atoms with Crippen LogP contribution < -0.4 is 15.8 Å². The van der Waals surface area contributed by atoms with Crippen molar-refractivity contribution >= 4 is 17.5 Å². The van der Waals surface area contributed by atoms with E-state index in [1.807, 2.05) is 6.07 Å². The Morgan fingerprint density at radius 2 is 2.03 bits per heavy atom. The average Bonchev–Trinajstić information content (AvgIpc) is 3.26. The van der Waals surface area contributed by atoms with Gasteiger partial charge in [0.1, 0.15) is 11.6 Å². The first-order chi connectivity index (χ1) is 14.5. The number of nitrogens with one attached hydrogen (secondary N) is 1. The molecule has 1 fully saturated rings. The van der Waals surface area contributed by atoms with Crippen LogP contribution in [0, 0.1) is 0 Å². The molecule has 3 N–H and O–H groups in total. The zero-order chi connectivity index (χ0) is 21.1. The highest BCUT2D eigenvalue weighted by Gasteiger charge is 2.19. The Bertz CT molecular complexity index is 1040. The van der Waals surface area contributed by atoms with Crippen molar-refractivity contribution < 1.29 is 9.53 Å². The minimum atomic E-state index is -0.476. The number of ether oxygens (including phenoxy) is 1. The summed E-state index contributed by atoms with van der Waals surface area (Å²) in [6.45, 7) is 2.23. The lowest BCUT2D eigenvalue weighted by molar-refractivity contribution is 0.100. The Morgan fingerprint density at radius 3 is 2.73 bits per heavy atom. The fraction of sp³-hybridized carbons (Fsp3) is 0.318. The third kappa shape index (κ3) is 4.28. The number of carbonyl (C=O) groups is 1. The van der Waals surface area contributed by atoms with Gasteiger partial charge in [0.15, 0.2) is 0 Å². The first-order valence-corrected chi connectivity index (χ1v) is 9.98. The average molecular weight is 406 g/mol. The zero-order valence-corrected chi connectivity index (χ0v) is 17.2. The summed E-state index contributed by atoms with van der Waals surface area (Å²) in [4.78, 5) is 22.5. The van der Waals surface area contributed by atoms with Crippen LogP contribution in [0.1, 0.15) is 34.7 Å². The van der Waals surface area contributed by atoms with Gasteiger partial charge in [-0.1, -0.05) is 6.07 Å². The molecule has 1 aromatic carbocycles. The highest BCUT2D eigenvalue weighted by Crippen LogP contribution is 2.34. The molecular weight excluding hydrogens is 380 g/mol. The lowest BCUT2D eigenvalue weighted by Gasteiger charge is -2.29. The number of piperidine rings is 1. The monoisotopic (exact) mass is 406 g/mol. The first-order valence-electron chi connectivity index (χ1n) is 9.98. The molecule has 0 bridgehead atoms. The number of methoxy groups -OCH3 is 1. The summed E-state index contributed by atoms with van der Waals surface area (Å²) in [6.07, 6.45) is 7.35. The Hall–Kier alpha value is -3.39. The largest absolute Gasteiger partial charge is 0.495 e. The quantitative estimate of drug-likeness (QED) is 0.653. The second-order valence-corrected chi connectivity index (χ2v) is 7.57. The van der Waals surface area contributed by atoms with Crippen molar-refractivity contribution in [2.45, 2.75) is 18.8 Å². The predicted octanol–water partition coefficient (Wildman–Crippen LogP) is 2.93. The van der Waals surface area contributed by atoms with E-state index in [0.29, 0.717) is 23.2 Å². The SMILES string of the molecule is COc1cc(C2CCN(C)CC2)ccc1Nc1nccc(-n2ccc(C(N)=O)c2)n1. The van der Waals surface area contributed by atoms with Crippen LogP contribution in [-0.4, -0.2) is 52.6 Å². The maximum Gasteiger partial charge on any atom is 0.250 e. The van der Waals surface area contributed by atoms with Gasteiger partial charge in [0.05, 0.1) is 18.4 Å². The molecule has 0 saturated carbocycles. The van der Waals surface area contributed by atoms with E-state index in [9.17, 15) is 4.79 Å². The summed E-state index contributed by atoms with van der Waals surface area (Å²) in [5.41, 5.74) is 7.85. The van der Waals surface area contributed by atoms with Crippen molar-refractivity contribution in [3.05, 3.63) is 60.0 Å². The van der Waals surface area contributed by atoms with Gasteiger partial charge in [-0.3, -0.25) is 4.79 Å². The van der Waals surface area contributed by atoms with E-state index in [1.54, 1.807) is 42.4 Å². The molecule has 0 spiro atoms. The zero-order valence-electron chi connectivity index (χ0n) is 17.2. The second kappa shape index (κ2) is 8.54. The van der Waals surface area contributed by atoms with Crippen molar-refractivity contribution in [1.82, 2.24) is 19.4 Å². The van der Waals surface area contributed by atoms with Crippen molar-refractivity contribution in [3.63, 3.8) is 0 Å². The molecule has 3 aromatic rings. The van der Waals surface area contributed by atoms with Crippen LogP contribution in [0.25, 0.3) is 5.82 Å². The molecule has 0 unspecified atom stereocenters. The first kappa shape index (κ1) is 19.9. The van der Waals surface area contributed by atoms with Gasteiger partial charge < -0.3 is 25.3 Å². The van der Waals surface area contributed by atoms with Gasteiger partial charge in [-0.15, -0.1) is 0 Å². The highest BCUT2D eigenvalue weighted by atomic mass is 16.5. The van der Waals surface area contributed by atoms with Gasteiger partial charge in [-0.25, -0.2) is 4.98 Å². The van der Waals surface area contributed by atoms with Gasteiger partial charge >= 0.3 is 0 Å². The number of nitrogens with two attached hydrogens (primary N) is 1. The fourth-order valence-corrected chi connectivity index (χ4v) is 3.77. The number of likely N-dealkylation sites (tertiary alicyclic amines) is 1. The molecule has 30 heavy (non-hydrogen) atoms. The Labute approximate surface area is 175 Å². The van der Waals surface area contributed by atoms with Crippen LogP contribution in [0.5, 0.6) is 5.75 Å². The highest BCUT2D eigenvalue weighted by molar-refractivity contribution is 5.92. The molecule has 0 aliphatic carbocycles. The number of nitrogens with zero attached hydrogens (tertiary/aromatic N) is 4. The van der Waals surface area contributed by atoms with E-state index in [2.05, 4.69) is 39.4 Å². The van der Waals surface area contributed by atoms with Gasteiger partial charge in [-0.05, 0) is 68.7 Å². The minimum absolute atomic E-state index is 0.425. The number of aromatic nitrogens is 3. The van der Waals surface area contributed by atoms with Gasteiger partial charge in [0, 0.05) is 18.6 Å². The number of hydrogen-bond donors (Lipinski definition) is 2. The number of carbonyl (C=O) groups excluding carboxylic acids is 1. The number of amides is 1. The van der Waals surface area contributed by atoms with E-state index in [4.69, 9.17) is 10.5 Å². The Kier molecular flexibility index (Phi) is 5.67. The topological polar surface area (TPSA) is 98.3 Å². The van der Waals surface area contributed by atoms with E-state index in [1.165, 1.54) is 5.56 Å². The summed E-state index contributed by atoms with van der Waals surface area (Å²) in [7, 11) is 3.84. The number of benzene rings is 1. The molecular formula is C22H26N6O2. The lowest BCUT2D eigenvalue weighted by atomic mass is 9.89. The lowest BCUT2D eigenvalue weighted by Crippen LogP contribution is -2.29. The molecule has 1 aliphatic heterocycles.